The predicted molar refractivity (Wildman–Crippen MR) is 119 cm³/mol. The van der Waals surface area contributed by atoms with Gasteiger partial charge in [0, 0.05) is 38.5 Å². The minimum atomic E-state index is 0.224. The summed E-state index contributed by atoms with van der Waals surface area (Å²) in [5, 5.41) is 5.61. The van der Waals surface area contributed by atoms with E-state index >= 15 is 0 Å². The zero-order valence-corrected chi connectivity index (χ0v) is 18.1. The number of anilines is 1. The fourth-order valence-corrected chi connectivity index (χ4v) is 3.91. The fraction of sp³-hybridized carbons (Fsp3) is 0.478. The molecule has 4 rings (SSSR count). The molecule has 1 amide bonds. The maximum absolute atomic E-state index is 12.2. The molecule has 1 unspecified atom stereocenters. The molecule has 30 heavy (non-hydrogen) atoms. The number of fused-ring (bicyclic) bond motifs is 1. The first-order chi connectivity index (χ1) is 14.6. The SMILES string of the molecule is CCC(=O)N1CCCN(c2nc(C(C)CC)nc3c2cnn3-c2ccccc2)CC1. The van der Waals surface area contributed by atoms with E-state index in [1.165, 1.54) is 0 Å². The quantitative estimate of drug-likeness (QED) is 0.645. The molecule has 3 aromatic rings. The predicted octanol–water partition coefficient (Wildman–Crippen LogP) is 3.78. The summed E-state index contributed by atoms with van der Waals surface area (Å²) in [7, 11) is 0. The number of hydrogen-bond acceptors (Lipinski definition) is 5. The van der Waals surface area contributed by atoms with Crippen molar-refractivity contribution in [3.63, 3.8) is 0 Å². The number of amides is 1. The lowest BCUT2D eigenvalue weighted by molar-refractivity contribution is -0.130. The lowest BCUT2D eigenvalue weighted by Gasteiger charge is -2.24. The third-order valence-corrected chi connectivity index (χ3v) is 5.93. The number of rotatable bonds is 5. The largest absolute Gasteiger partial charge is 0.354 e. The molecule has 7 nitrogen and oxygen atoms in total. The Bertz CT molecular complexity index is 1020. The van der Waals surface area contributed by atoms with Crippen LogP contribution in [0.4, 0.5) is 5.82 Å². The van der Waals surface area contributed by atoms with Crippen molar-refractivity contribution in [2.75, 3.05) is 31.1 Å². The van der Waals surface area contributed by atoms with Gasteiger partial charge in [-0.3, -0.25) is 4.79 Å². The Labute approximate surface area is 177 Å². The van der Waals surface area contributed by atoms with Gasteiger partial charge >= 0.3 is 0 Å². The molecular formula is C23H30N6O. The molecule has 0 aliphatic carbocycles. The van der Waals surface area contributed by atoms with Gasteiger partial charge in [-0.25, -0.2) is 14.6 Å². The zero-order chi connectivity index (χ0) is 21.1. The van der Waals surface area contributed by atoms with Crippen LogP contribution in [-0.4, -0.2) is 56.7 Å². The highest BCUT2D eigenvalue weighted by molar-refractivity contribution is 5.88. The summed E-state index contributed by atoms with van der Waals surface area (Å²) < 4.78 is 1.90. The molecule has 1 aliphatic rings. The average Bonchev–Trinajstić information content (AvgIpc) is 3.07. The van der Waals surface area contributed by atoms with E-state index in [-0.39, 0.29) is 11.8 Å². The summed E-state index contributed by atoms with van der Waals surface area (Å²) in [5.74, 6) is 2.27. The molecule has 0 bridgehead atoms. The average molecular weight is 407 g/mol. The highest BCUT2D eigenvalue weighted by atomic mass is 16.2. The number of carbonyl (C=O) groups excluding carboxylic acids is 1. The summed E-state index contributed by atoms with van der Waals surface area (Å²) >= 11 is 0. The van der Waals surface area contributed by atoms with E-state index in [0.29, 0.717) is 6.42 Å². The number of para-hydroxylation sites is 1. The number of benzene rings is 1. The van der Waals surface area contributed by atoms with Crippen molar-refractivity contribution in [1.29, 1.82) is 0 Å². The van der Waals surface area contributed by atoms with Crippen LogP contribution in [0.2, 0.25) is 0 Å². The van der Waals surface area contributed by atoms with Gasteiger partial charge in [0.1, 0.15) is 11.6 Å². The standard InChI is InChI=1S/C23H30N6O/c1-4-17(3)21-25-22(28-13-9-12-27(14-15-28)20(30)5-2)19-16-24-29(23(19)26-21)18-10-7-6-8-11-18/h6-8,10-11,16-17H,4-5,9,12-15H2,1-3H3. The Morgan fingerprint density at radius 3 is 2.60 bits per heavy atom. The maximum atomic E-state index is 12.2. The first-order valence-corrected chi connectivity index (χ1v) is 11.0. The molecule has 1 saturated heterocycles. The second-order valence-corrected chi connectivity index (χ2v) is 7.92. The van der Waals surface area contributed by atoms with Crippen LogP contribution in [0.1, 0.15) is 51.8 Å². The highest BCUT2D eigenvalue weighted by Gasteiger charge is 2.23. The molecule has 1 aliphatic heterocycles. The Hall–Kier alpha value is -2.96. The summed E-state index contributed by atoms with van der Waals surface area (Å²) in [6, 6.07) is 10.1. The number of aromatic nitrogens is 4. The summed E-state index contributed by atoms with van der Waals surface area (Å²) in [6.07, 6.45) is 4.34. The molecule has 0 saturated carbocycles. The van der Waals surface area contributed by atoms with Crippen LogP contribution >= 0.6 is 0 Å². The third-order valence-electron chi connectivity index (χ3n) is 5.93. The van der Waals surface area contributed by atoms with Crippen LogP contribution < -0.4 is 4.90 Å². The van der Waals surface area contributed by atoms with Crippen LogP contribution in [-0.2, 0) is 4.79 Å². The lowest BCUT2D eigenvalue weighted by atomic mass is 10.1. The van der Waals surface area contributed by atoms with Crippen LogP contribution in [0.25, 0.3) is 16.7 Å². The van der Waals surface area contributed by atoms with Gasteiger partial charge in [0.2, 0.25) is 5.91 Å². The Kier molecular flexibility index (Phi) is 5.97. The van der Waals surface area contributed by atoms with Crippen LogP contribution in [0.5, 0.6) is 0 Å². The minimum Gasteiger partial charge on any atom is -0.354 e. The van der Waals surface area contributed by atoms with Gasteiger partial charge in [-0.2, -0.15) is 5.10 Å². The van der Waals surface area contributed by atoms with E-state index in [4.69, 9.17) is 9.97 Å². The van der Waals surface area contributed by atoms with Crippen molar-refractivity contribution in [1.82, 2.24) is 24.6 Å². The fourth-order valence-electron chi connectivity index (χ4n) is 3.91. The molecule has 7 heteroatoms. The van der Waals surface area contributed by atoms with E-state index in [1.807, 2.05) is 53.0 Å². The second kappa shape index (κ2) is 8.81. The van der Waals surface area contributed by atoms with Gasteiger partial charge in [-0.1, -0.05) is 39.0 Å². The summed E-state index contributed by atoms with van der Waals surface area (Å²) in [5.41, 5.74) is 1.83. The molecule has 0 spiro atoms. The first-order valence-electron chi connectivity index (χ1n) is 11.0. The first kappa shape index (κ1) is 20.3. The van der Waals surface area contributed by atoms with E-state index in [0.717, 1.165) is 67.4 Å². The van der Waals surface area contributed by atoms with Crippen LogP contribution in [0.15, 0.2) is 36.5 Å². The Morgan fingerprint density at radius 1 is 1.07 bits per heavy atom. The number of carbonyl (C=O) groups is 1. The van der Waals surface area contributed by atoms with Gasteiger partial charge in [0.05, 0.1) is 17.3 Å². The monoisotopic (exact) mass is 406 g/mol. The highest BCUT2D eigenvalue weighted by Crippen LogP contribution is 2.29. The second-order valence-electron chi connectivity index (χ2n) is 7.92. The van der Waals surface area contributed by atoms with Gasteiger partial charge in [0.25, 0.3) is 0 Å². The molecule has 0 N–H and O–H groups in total. The number of nitrogens with zero attached hydrogens (tertiary/aromatic N) is 6. The number of hydrogen-bond donors (Lipinski definition) is 0. The van der Waals surface area contributed by atoms with E-state index in [2.05, 4.69) is 23.8 Å². The molecule has 1 fully saturated rings. The topological polar surface area (TPSA) is 67.2 Å². The third kappa shape index (κ3) is 3.88. The molecular weight excluding hydrogens is 376 g/mol. The van der Waals surface area contributed by atoms with Crippen LogP contribution in [0, 0.1) is 0 Å². The Morgan fingerprint density at radius 2 is 1.87 bits per heavy atom. The van der Waals surface area contributed by atoms with Crippen molar-refractivity contribution in [2.24, 2.45) is 0 Å². The van der Waals surface area contributed by atoms with Crippen LogP contribution in [0.3, 0.4) is 0 Å². The van der Waals surface area contributed by atoms with Gasteiger partial charge in [0.15, 0.2) is 5.65 Å². The summed E-state index contributed by atoms with van der Waals surface area (Å²) in [6.45, 7) is 9.42. The summed E-state index contributed by atoms with van der Waals surface area (Å²) in [4.78, 5) is 26.4. The molecule has 158 valence electrons. The van der Waals surface area contributed by atoms with E-state index in [9.17, 15) is 4.79 Å². The van der Waals surface area contributed by atoms with Crippen molar-refractivity contribution in [3.8, 4) is 5.69 Å². The van der Waals surface area contributed by atoms with Gasteiger partial charge < -0.3 is 9.80 Å². The minimum absolute atomic E-state index is 0.224. The van der Waals surface area contributed by atoms with Crippen molar-refractivity contribution in [2.45, 2.75) is 46.0 Å². The van der Waals surface area contributed by atoms with Gasteiger partial charge in [-0.15, -0.1) is 0 Å². The van der Waals surface area contributed by atoms with E-state index < -0.39 is 0 Å². The molecule has 1 aromatic carbocycles. The lowest BCUT2D eigenvalue weighted by Crippen LogP contribution is -2.35. The smallest absolute Gasteiger partial charge is 0.222 e. The maximum Gasteiger partial charge on any atom is 0.222 e. The van der Waals surface area contributed by atoms with Gasteiger partial charge in [-0.05, 0) is 25.0 Å². The van der Waals surface area contributed by atoms with Crippen molar-refractivity contribution in [3.05, 3.63) is 42.4 Å². The Balaban J connectivity index is 1.77. The molecule has 1 atom stereocenters. The van der Waals surface area contributed by atoms with Crippen molar-refractivity contribution >= 4 is 22.8 Å². The zero-order valence-electron chi connectivity index (χ0n) is 18.1. The molecule has 2 aromatic heterocycles. The van der Waals surface area contributed by atoms with Crippen molar-refractivity contribution < 1.29 is 4.79 Å². The molecule has 3 heterocycles. The normalized spacial score (nSPS) is 16.0. The van der Waals surface area contributed by atoms with E-state index in [1.54, 1.807) is 0 Å². The molecule has 0 radical (unpaired) electrons.